The molecule has 0 aromatic heterocycles. The number of hydrogen-bond donors (Lipinski definition) is 0. The number of hydrogen-bond acceptors (Lipinski definition) is 0. The molecule has 0 saturated carbocycles. The standard InChI is InChI=1S/C22H22.Li.H/c1-15-5-3-7-21-17(11-13-19(15)21)9-10-18-12-14-20-16(2)6-4-8-22(18)20;;/h3-8,11-14,17-18H,9-10H2,1-2H3;;/q;+1;-1. The summed E-state index contributed by atoms with van der Waals surface area (Å²) in [7, 11) is 0. The average Bonchev–Trinajstić information content (AvgIpc) is 3.11. The van der Waals surface area contributed by atoms with Gasteiger partial charge in [-0.1, -0.05) is 60.7 Å². The van der Waals surface area contributed by atoms with Crippen LogP contribution < -0.4 is 18.9 Å². The fourth-order valence-corrected chi connectivity index (χ4v) is 4.00. The molecule has 2 aliphatic rings. The van der Waals surface area contributed by atoms with E-state index >= 15 is 0 Å². The fourth-order valence-electron chi connectivity index (χ4n) is 4.00. The van der Waals surface area contributed by atoms with E-state index < -0.39 is 0 Å². The number of fused-ring (bicyclic) bond motifs is 2. The first-order valence-corrected chi connectivity index (χ1v) is 8.29. The average molecular weight is 294 g/mol. The molecule has 0 fully saturated rings. The smallest absolute Gasteiger partial charge is 1.00 e. The van der Waals surface area contributed by atoms with Gasteiger partial charge < -0.3 is 1.43 Å². The molecule has 0 N–H and O–H groups in total. The minimum absolute atomic E-state index is 0. The quantitative estimate of drug-likeness (QED) is 0.763. The second-order valence-corrected chi connectivity index (χ2v) is 6.66. The Balaban J connectivity index is 0.00000104. The third kappa shape index (κ3) is 2.87. The molecule has 4 rings (SSSR count). The zero-order valence-electron chi connectivity index (χ0n) is 15.3. The van der Waals surface area contributed by atoms with Gasteiger partial charge in [0.1, 0.15) is 0 Å². The molecule has 0 bridgehead atoms. The van der Waals surface area contributed by atoms with Crippen molar-refractivity contribution in [3.05, 3.63) is 81.9 Å². The molecule has 23 heavy (non-hydrogen) atoms. The van der Waals surface area contributed by atoms with Gasteiger partial charge in [0.2, 0.25) is 0 Å². The van der Waals surface area contributed by atoms with Crippen LogP contribution >= 0.6 is 0 Å². The summed E-state index contributed by atoms with van der Waals surface area (Å²) in [6.07, 6.45) is 11.9. The Kier molecular flexibility index (Phi) is 4.67. The minimum atomic E-state index is 0. The van der Waals surface area contributed by atoms with Crippen LogP contribution in [0.2, 0.25) is 0 Å². The van der Waals surface area contributed by atoms with Gasteiger partial charge in [-0.2, -0.15) is 0 Å². The van der Waals surface area contributed by atoms with Gasteiger partial charge in [0.05, 0.1) is 0 Å². The van der Waals surface area contributed by atoms with E-state index in [9.17, 15) is 0 Å². The van der Waals surface area contributed by atoms with Gasteiger partial charge in [-0.3, -0.25) is 0 Å². The van der Waals surface area contributed by atoms with Gasteiger partial charge in [-0.25, -0.2) is 0 Å². The molecule has 0 aliphatic heterocycles. The molecule has 112 valence electrons. The SMILES string of the molecule is Cc1cccc2c1C=CC2CCC1C=Cc2c(C)cccc21.[H-].[Li+]. The molecule has 0 nitrogen and oxygen atoms in total. The molecule has 2 atom stereocenters. The first-order chi connectivity index (χ1) is 10.7. The van der Waals surface area contributed by atoms with Gasteiger partial charge in [-0.05, 0) is 60.1 Å². The Hall–Kier alpha value is -1.48. The van der Waals surface area contributed by atoms with Gasteiger partial charge >= 0.3 is 18.9 Å². The summed E-state index contributed by atoms with van der Waals surface area (Å²) >= 11 is 0. The molecule has 0 heterocycles. The molecule has 0 saturated heterocycles. The maximum absolute atomic E-state index is 2.40. The zero-order valence-corrected chi connectivity index (χ0v) is 14.3. The molecule has 0 spiro atoms. The number of allylic oxidation sites excluding steroid dienone is 2. The van der Waals surface area contributed by atoms with Crippen molar-refractivity contribution in [2.24, 2.45) is 0 Å². The van der Waals surface area contributed by atoms with Crippen molar-refractivity contribution in [1.29, 1.82) is 0 Å². The predicted molar refractivity (Wildman–Crippen MR) is 96.3 cm³/mol. The van der Waals surface area contributed by atoms with Crippen LogP contribution in [-0.4, -0.2) is 0 Å². The Morgan fingerprint density at radius 3 is 1.61 bits per heavy atom. The van der Waals surface area contributed by atoms with E-state index in [1.54, 1.807) is 0 Å². The summed E-state index contributed by atoms with van der Waals surface area (Å²) < 4.78 is 0. The van der Waals surface area contributed by atoms with E-state index in [2.05, 4.69) is 74.5 Å². The summed E-state index contributed by atoms with van der Waals surface area (Å²) in [5.74, 6) is 1.19. The van der Waals surface area contributed by atoms with Crippen LogP contribution in [0.25, 0.3) is 12.2 Å². The van der Waals surface area contributed by atoms with Crippen molar-refractivity contribution in [2.75, 3.05) is 0 Å². The second-order valence-electron chi connectivity index (χ2n) is 6.66. The van der Waals surface area contributed by atoms with Crippen molar-refractivity contribution >= 4 is 12.2 Å². The van der Waals surface area contributed by atoms with Crippen molar-refractivity contribution in [3.63, 3.8) is 0 Å². The molecule has 2 unspecified atom stereocenters. The van der Waals surface area contributed by atoms with Gasteiger partial charge in [0, 0.05) is 11.8 Å². The van der Waals surface area contributed by atoms with Gasteiger partial charge in [0.25, 0.3) is 0 Å². The molecular weight excluding hydrogens is 271 g/mol. The van der Waals surface area contributed by atoms with E-state index in [4.69, 9.17) is 0 Å². The molecule has 2 aromatic carbocycles. The number of aryl methyl sites for hydroxylation is 2. The molecule has 2 aliphatic carbocycles. The van der Waals surface area contributed by atoms with Crippen LogP contribution in [0.15, 0.2) is 48.6 Å². The van der Waals surface area contributed by atoms with Crippen LogP contribution in [0, 0.1) is 13.8 Å². The molecule has 0 amide bonds. The molecule has 0 radical (unpaired) electrons. The zero-order chi connectivity index (χ0) is 15.1. The molecular formula is C22H23Li. The Labute approximate surface area is 153 Å². The maximum Gasteiger partial charge on any atom is 1.00 e. The third-order valence-electron chi connectivity index (χ3n) is 5.29. The Morgan fingerprint density at radius 1 is 0.739 bits per heavy atom. The largest absolute Gasteiger partial charge is 1.00 e. The summed E-state index contributed by atoms with van der Waals surface area (Å²) in [6.45, 7) is 4.43. The van der Waals surface area contributed by atoms with E-state index in [-0.39, 0.29) is 20.3 Å². The van der Waals surface area contributed by atoms with E-state index in [0.29, 0.717) is 11.8 Å². The maximum atomic E-state index is 2.40. The van der Waals surface area contributed by atoms with Crippen LogP contribution in [0.1, 0.15) is 59.5 Å². The first kappa shape index (κ1) is 16.4. The monoisotopic (exact) mass is 294 g/mol. The van der Waals surface area contributed by atoms with E-state index in [1.165, 1.54) is 46.2 Å². The third-order valence-corrected chi connectivity index (χ3v) is 5.29. The van der Waals surface area contributed by atoms with Gasteiger partial charge in [-0.15, -0.1) is 0 Å². The normalized spacial score (nSPS) is 20.3. The van der Waals surface area contributed by atoms with Crippen LogP contribution in [0.3, 0.4) is 0 Å². The van der Waals surface area contributed by atoms with E-state index in [0.717, 1.165) is 0 Å². The molecule has 1 heteroatoms. The van der Waals surface area contributed by atoms with Crippen LogP contribution in [-0.2, 0) is 0 Å². The number of benzene rings is 2. The second kappa shape index (κ2) is 6.56. The molecule has 2 aromatic rings. The van der Waals surface area contributed by atoms with Crippen LogP contribution in [0.4, 0.5) is 0 Å². The summed E-state index contributed by atoms with van der Waals surface area (Å²) in [6, 6.07) is 13.4. The first-order valence-electron chi connectivity index (χ1n) is 8.29. The summed E-state index contributed by atoms with van der Waals surface area (Å²) in [4.78, 5) is 0. The predicted octanol–water partition coefficient (Wildman–Crippen LogP) is 3.12. The Bertz CT molecular complexity index is 721. The topological polar surface area (TPSA) is 0 Å². The summed E-state index contributed by atoms with van der Waals surface area (Å²) in [5.41, 5.74) is 8.74. The Morgan fingerprint density at radius 2 is 1.17 bits per heavy atom. The number of rotatable bonds is 3. The van der Waals surface area contributed by atoms with Crippen molar-refractivity contribution in [2.45, 2.75) is 38.5 Å². The van der Waals surface area contributed by atoms with Crippen molar-refractivity contribution in [1.82, 2.24) is 0 Å². The van der Waals surface area contributed by atoms with Crippen molar-refractivity contribution in [3.8, 4) is 0 Å². The van der Waals surface area contributed by atoms with E-state index in [1.807, 2.05) is 0 Å². The van der Waals surface area contributed by atoms with Crippen molar-refractivity contribution < 1.29 is 20.3 Å². The van der Waals surface area contributed by atoms with Crippen LogP contribution in [0.5, 0.6) is 0 Å². The van der Waals surface area contributed by atoms with Gasteiger partial charge in [0.15, 0.2) is 0 Å². The summed E-state index contributed by atoms with van der Waals surface area (Å²) in [5, 5.41) is 0. The minimum Gasteiger partial charge on any atom is -1.00 e. The fraction of sp³-hybridized carbons (Fsp3) is 0.273.